The van der Waals surface area contributed by atoms with Gasteiger partial charge in [-0.25, -0.2) is 12.8 Å². The summed E-state index contributed by atoms with van der Waals surface area (Å²) in [5.41, 5.74) is 0.867. The lowest BCUT2D eigenvalue weighted by Crippen LogP contribution is -2.32. The summed E-state index contributed by atoms with van der Waals surface area (Å²) in [5.74, 6) is -0.672. The Labute approximate surface area is 131 Å². The van der Waals surface area contributed by atoms with E-state index in [4.69, 9.17) is 0 Å². The van der Waals surface area contributed by atoms with Crippen molar-refractivity contribution < 1.29 is 12.8 Å². The van der Waals surface area contributed by atoms with Crippen LogP contribution in [0.2, 0.25) is 0 Å². The Morgan fingerprint density at radius 1 is 1.19 bits per heavy atom. The molecule has 0 atom stereocenters. The number of sulfonamides is 1. The molecule has 7 heteroatoms. The van der Waals surface area contributed by atoms with Gasteiger partial charge in [0.15, 0.2) is 0 Å². The normalized spacial score (nSPS) is 11.8. The molecule has 0 aliphatic carbocycles. The zero-order chi connectivity index (χ0) is 15.3. The SMILES string of the molecule is O=S(=O)(c1cncc(F)c1)N(CCBr)Cc1ccccc1. The molecule has 0 spiro atoms. The lowest BCUT2D eigenvalue weighted by Gasteiger charge is -2.21. The quantitative estimate of drug-likeness (QED) is 0.732. The summed E-state index contributed by atoms with van der Waals surface area (Å²) in [5, 5.41) is 0.488. The van der Waals surface area contributed by atoms with Crippen molar-refractivity contribution >= 4 is 26.0 Å². The minimum atomic E-state index is -3.78. The van der Waals surface area contributed by atoms with Crippen molar-refractivity contribution in [3.05, 3.63) is 60.2 Å². The maximum absolute atomic E-state index is 13.2. The van der Waals surface area contributed by atoms with E-state index in [-0.39, 0.29) is 18.0 Å². The summed E-state index contributed by atoms with van der Waals surface area (Å²) in [6, 6.07) is 10.2. The van der Waals surface area contributed by atoms with E-state index in [1.807, 2.05) is 30.3 Å². The first-order valence-electron chi connectivity index (χ1n) is 6.24. The molecule has 0 radical (unpaired) electrons. The van der Waals surface area contributed by atoms with Crippen LogP contribution in [0.3, 0.4) is 0 Å². The van der Waals surface area contributed by atoms with Crippen LogP contribution in [0.5, 0.6) is 0 Å². The fourth-order valence-corrected chi connectivity index (χ4v) is 3.92. The molecule has 0 aliphatic heterocycles. The van der Waals surface area contributed by atoms with E-state index in [0.29, 0.717) is 5.33 Å². The molecule has 1 aromatic heterocycles. The molecule has 2 rings (SSSR count). The van der Waals surface area contributed by atoms with Gasteiger partial charge in [0.2, 0.25) is 10.0 Å². The molecule has 0 aliphatic rings. The molecule has 0 unspecified atom stereocenters. The molecule has 0 N–H and O–H groups in total. The largest absolute Gasteiger partial charge is 0.260 e. The van der Waals surface area contributed by atoms with Gasteiger partial charge in [-0.3, -0.25) is 4.98 Å². The molecule has 1 aromatic carbocycles. The maximum Gasteiger partial charge on any atom is 0.245 e. The van der Waals surface area contributed by atoms with E-state index in [0.717, 1.165) is 24.0 Å². The molecular formula is C14H14BrFN2O2S. The second kappa shape index (κ2) is 7.11. The number of halogens is 2. The number of hydrogen-bond donors (Lipinski definition) is 0. The number of nitrogens with zero attached hydrogens (tertiary/aromatic N) is 2. The van der Waals surface area contributed by atoms with Gasteiger partial charge in [-0.15, -0.1) is 0 Å². The molecule has 0 saturated heterocycles. The molecule has 0 amide bonds. The molecule has 0 fully saturated rings. The van der Waals surface area contributed by atoms with Crippen molar-refractivity contribution in [2.75, 3.05) is 11.9 Å². The second-order valence-electron chi connectivity index (χ2n) is 4.35. The van der Waals surface area contributed by atoms with E-state index in [2.05, 4.69) is 20.9 Å². The fraction of sp³-hybridized carbons (Fsp3) is 0.214. The van der Waals surface area contributed by atoms with Crippen LogP contribution in [0.15, 0.2) is 53.7 Å². The van der Waals surface area contributed by atoms with Crippen molar-refractivity contribution in [2.24, 2.45) is 0 Å². The first-order chi connectivity index (χ1) is 10.0. The zero-order valence-electron chi connectivity index (χ0n) is 11.1. The first kappa shape index (κ1) is 16.1. The Morgan fingerprint density at radius 3 is 2.52 bits per heavy atom. The third-order valence-electron chi connectivity index (χ3n) is 2.85. The summed E-state index contributed by atoms with van der Waals surface area (Å²) >= 11 is 3.25. The maximum atomic E-state index is 13.2. The van der Waals surface area contributed by atoms with Crippen LogP contribution in [-0.4, -0.2) is 29.6 Å². The fourth-order valence-electron chi connectivity index (χ4n) is 1.85. The molecule has 0 bridgehead atoms. The van der Waals surface area contributed by atoms with Gasteiger partial charge in [0.05, 0.1) is 6.20 Å². The zero-order valence-corrected chi connectivity index (χ0v) is 13.5. The molecule has 21 heavy (non-hydrogen) atoms. The van der Waals surface area contributed by atoms with Crippen LogP contribution in [0.1, 0.15) is 5.56 Å². The van der Waals surface area contributed by atoms with Crippen LogP contribution in [0.25, 0.3) is 0 Å². The van der Waals surface area contributed by atoms with E-state index in [9.17, 15) is 12.8 Å². The lowest BCUT2D eigenvalue weighted by molar-refractivity contribution is 0.426. The molecular weight excluding hydrogens is 359 g/mol. The standard InChI is InChI=1S/C14H14BrFN2O2S/c15-6-7-18(11-12-4-2-1-3-5-12)21(19,20)14-8-13(16)9-17-10-14/h1-5,8-10H,6-7,11H2. The summed E-state index contributed by atoms with van der Waals surface area (Å²) in [7, 11) is -3.78. The van der Waals surface area contributed by atoms with Crippen LogP contribution >= 0.6 is 15.9 Å². The number of hydrogen-bond acceptors (Lipinski definition) is 3. The summed E-state index contributed by atoms with van der Waals surface area (Å²) in [4.78, 5) is 3.47. The van der Waals surface area contributed by atoms with Gasteiger partial charge in [-0.05, 0) is 11.6 Å². The van der Waals surface area contributed by atoms with E-state index >= 15 is 0 Å². The van der Waals surface area contributed by atoms with E-state index in [1.165, 1.54) is 4.31 Å². The lowest BCUT2D eigenvalue weighted by atomic mass is 10.2. The van der Waals surface area contributed by atoms with Crippen molar-refractivity contribution in [1.82, 2.24) is 9.29 Å². The highest BCUT2D eigenvalue weighted by atomic mass is 79.9. The van der Waals surface area contributed by atoms with Gasteiger partial charge in [-0.1, -0.05) is 46.3 Å². The number of rotatable bonds is 6. The topological polar surface area (TPSA) is 50.3 Å². The number of benzene rings is 1. The monoisotopic (exact) mass is 372 g/mol. The van der Waals surface area contributed by atoms with E-state index < -0.39 is 15.8 Å². The number of alkyl halides is 1. The van der Waals surface area contributed by atoms with E-state index in [1.54, 1.807) is 0 Å². The Hall–Kier alpha value is -1.31. The highest BCUT2D eigenvalue weighted by molar-refractivity contribution is 9.09. The molecule has 112 valence electrons. The molecule has 2 aromatic rings. The third kappa shape index (κ3) is 4.09. The summed E-state index contributed by atoms with van der Waals surface area (Å²) < 4.78 is 39.7. The van der Waals surface area contributed by atoms with Gasteiger partial charge in [0.25, 0.3) is 0 Å². The molecule has 0 saturated carbocycles. The van der Waals surface area contributed by atoms with Crippen LogP contribution in [0, 0.1) is 5.82 Å². The third-order valence-corrected chi connectivity index (χ3v) is 5.02. The van der Waals surface area contributed by atoms with Crippen molar-refractivity contribution in [2.45, 2.75) is 11.4 Å². The Kier molecular flexibility index (Phi) is 5.44. The molecule has 4 nitrogen and oxygen atoms in total. The van der Waals surface area contributed by atoms with Gasteiger partial charge >= 0.3 is 0 Å². The number of aromatic nitrogens is 1. The highest BCUT2D eigenvalue weighted by Crippen LogP contribution is 2.18. The predicted octanol–water partition coefficient (Wildman–Crippen LogP) is 2.81. The minimum Gasteiger partial charge on any atom is -0.260 e. The minimum absolute atomic E-state index is 0.139. The predicted molar refractivity (Wildman–Crippen MR) is 82.0 cm³/mol. The Bertz CT molecular complexity index is 695. The first-order valence-corrected chi connectivity index (χ1v) is 8.81. The Morgan fingerprint density at radius 2 is 1.90 bits per heavy atom. The van der Waals surface area contributed by atoms with Gasteiger partial charge in [0.1, 0.15) is 10.7 Å². The average Bonchev–Trinajstić information content (AvgIpc) is 2.48. The van der Waals surface area contributed by atoms with Crippen LogP contribution in [-0.2, 0) is 16.6 Å². The average molecular weight is 373 g/mol. The van der Waals surface area contributed by atoms with Crippen LogP contribution in [0.4, 0.5) is 4.39 Å². The highest BCUT2D eigenvalue weighted by Gasteiger charge is 2.24. The Balaban J connectivity index is 2.32. The smallest absolute Gasteiger partial charge is 0.245 e. The van der Waals surface area contributed by atoms with Gasteiger partial charge in [0, 0.05) is 24.6 Å². The summed E-state index contributed by atoms with van der Waals surface area (Å²) in [6.07, 6.45) is 2.13. The second-order valence-corrected chi connectivity index (χ2v) is 7.08. The van der Waals surface area contributed by atoms with Crippen molar-refractivity contribution in [3.8, 4) is 0 Å². The van der Waals surface area contributed by atoms with Crippen molar-refractivity contribution in [3.63, 3.8) is 0 Å². The number of pyridine rings is 1. The van der Waals surface area contributed by atoms with Crippen molar-refractivity contribution in [1.29, 1.82) is 0 Å². The van der Waals surface area contributed by atoms with Crippen LogP contribution < -0.4 is 0 Å². The van der Waals surface area contributed by atoms with Gasteiger partial charge in [-0.2, -0.15) is 4.31 Å². The summed E-state index contributed by atoms with van der Waals surface area (Å²) in [6.45, 7) is 0.513. The molecule has 1 heterocycles. The van der Waals surface area contributed by atoms with Gasteiger partial charge < -0.3 is 0 Å².